The van der Waals surface area contributed by atoms with Crippen molar-refractivity contribution in [1.82, 2.24) is 10.2 Å². The maximum Gasteiger partial charge on any atom is 0.223 e. The van der Waals surface area contributed by atoms with Crippen LogP contribution in [0.1, 0.15) is 57.1 Å². The molecule has 0 aromatic heterocycles. The van der Waals surface area contributed by atoms with E-state index in [1.807, 2.05) is 0 Å². The predicted octanol–water partition coefficient (Wildman–Crippen LogP) is 3.34. The summed E-state index contributed by atoms with van der Waals surface area (Å²) in [5.41, 5.74) is 2.62. The second-order valence-electron chi connectivity index (χ2n) is 6.43. The van der Waals surface area contributed by atoms with Crippen LogP contribution in [0.4, 0.5) is 0 Å². The van der Waals surface area contributed by atoms with Gasteiger partial charge in [-0.3, -0.25) is 4.79 Å². The van der Waals surface area contributed by atoms with E-state index in [1.165, 1.54) is 11.1 Å². The molecule has 2 rings (SSSR count). The highest BCUT2D eigenvalue weighted by Crippen LogP contribution is 2.22. The fourth-order valence-electron chi connectivity index (χ4n) is 3.24. The SMILES string of the molecule is CCCN(C(=O)CC(C)c1ccc(CC)cc1)C1CCNC1. The molecule has 0 radical (unpaired) electrons. The van der Waals surface area contributed by atoms with Crippen molar-refractivity contribution in [2.75, 3.05) is 19.6 Å². The Morgan fingerprint density at radius 1 is 1.32 bits per heavy atom. The smallest absolute Gasteiger partial charge is 0.223 e. The Morgan fingerprint density at radius 2 is 2.05 bits per heavy atom. The Labute approximate surface area is 135 Å². The van der Waals surface area contributed by atoms with Crippen LogP contribution in [0.25, 0.3) is 0 Å². The molecule has 1 amide bonds. The molecule has 1 aromatic carbocycles. The Morgan fingerprint density at radius 3 is 2.59 bits per heavy atom. The van der Waals surface area contributed by atoms with Gasteiger partial charge in [0, 0.05) is 25.6 Å². The van der Waals surface area contributed by atoms with Crippen LogP contribution in [0.2, 0.25) is 0 Å². The van der Waals surface area contributed by atoms with Gasteiger partial charge in [0.05, 0.1) is 0 Å². The van der Waals surface area contributed by atoms with Gasteiger partial charge < -0.3 is 10.2 Å². The van der Waals surface area contributed by atoms with Gasteiger partial charge in [-0.15, -0.1) is 0 Å². The number of carbonyl (C=O) groups excluding carboxylic acids is 1. The van der Waals surface area contributed by atoms with E-state index < -0.39 is 0 Å². The lowest BCUT2D eigenvalue weighted by atomic mass is 9.95. The van der Waals surface area contributed by atoms with Crippen LogP contribution in [0.5, 0.6) is 0 Å². The molecule has 3 heteroatoms. The van der Waals surface area contributed by atoms with E-state index in [0.717, 1.165) is 38.9 Å². The van der Waals surface area contributed by atoms with Crippen LogP contribution < -0.4 is 5.32 Å². The van der Waals surface area contributed by atoms with E-state index in [2.05, 4.69) is 55.3 Å². The number of benzene rings is 1. The summed E-state index contributed by atoms with van der Waals surface area (Å²) in [6.07, 6.45) is 3.79. The van der Waals surface area contributed by atoms with Gasteiger partial charge in [0.1, 0.15) is 0 Å². The number of hydrogen-bond donors (Lipinski definition) is 1. The standard InChI is InChI=1S/C19H30N2O/c1-4-12-21(18-10-11-20-14-18)19(22)13-15(3)17-8-6-16(5-2)7-9-17/h6-9,15,18,20H,4-5,10-14H2,1-3H3. The zero-order valence-electron chi connectivity index (χ0n) is 14.3. The summed E-state index contributed by atoms with van der Waals surface area (Å²) in [5, 5.41) is 3.37. The minimum Gasteiger partial charge on any atom is -0.338 e. The molecule has 1 saturated heterocycles. The van der Waals surface area contributed by atoms with Crippen molar-refractivity contribution in [3.05, 3.63) is 35.4 Å². The number of nitrogens with one attached hydrogen (secondary N) is 1. The third kappa shape index (κ3) is 4.33. The van der Waals surface area contributed by atoms with Gasteiger partial charge >= 0.3 is 0 Å². The molecule has 0 spiro atoms. The average molecular weight is 302 g/mol. The molecule has 2 atom stereocenters. The number of hydrogen-bond acceptors (Lipinski definition) is 2. The normalized spacial score (nSPS) is 19.1. The Kier molecular flexibility index (Phi) is 6.44. The van der Waals surface area contributed by atoms with Crippen molar-refractivity contribution in [2.45, 2.75) is 58.4 Å². The number of aryl methyl sites for hydroxylation is 1. The van der Waals surface area contributed by atoms with Crippen molar-refractivity contribution in [3.63, 3.8) is 0 Å². The third-order valence-electron chi connectivity index (χ3n) is 4.70. The third-order valence-corrected chi connectivity index (χ3v) is 4.70. The summed E-state index contributed by atoms with van der Waals surface area (Å²) < 4.78 is 0. The van der Waals surface area contributed by atoms with Crippen LogP contribution >= 0.6 is 0 Å². The molecule has 1 aliphatic rings. The van der Waals surface area contributed by atoms with Gasteiger partial charge in [0.2, 0.25) is 5.91 Å². The summed E-state index contributed by atoms with van der Waals surface area (Å²) in [7, 11) is 0. The van der Waals surface area contributed by atoms with Crippen LogP contribution in [-0.2, 0) is 11.2 Å². The van der Waals surface area contributed by atoms with E-state index in [-0.39, 0.29) is 5.92 Å². The lowest BCUT2D eigenvalue weighted by molar-refractivity contribution is -0.133. The first kappa shape index (κ1) is 17.0. The second-order valence-corrected chi connectivity index (χ2v) is 6.43. The highest BCUT2D eigenvalue weighted by atomic mass is 16.2. The molecule has 1 heterocycles. The van der Waals surface area contributed by atoms with E-state index in [0.29, 0.717) is 18.4 Å². The summed E-state index contributed by atoms with van der Waals surface area (Å²) in [6, 6.07) is 9.11. The molecule has 1 aliphatic heterocycles. The Balaban J connectivity index is 1.97. The maximum atomic E-state index is 12.7. The summed E-state index contributed by atoms with van der Waals surface area (Å²) in [6.45, 7) is 9.34. The largest absolute Gasteiger partial charge is 0.338 e. The maximum absolute atomic E-state index is 12.7. The molecule has 0 aliphatic carbocycles. The summed E-state index contributed by atoms with van der Waals surface area (Å²) in [5.74, 6) is 0.592. The molecule has 1 fully saturated rings. The van der Waals surface area contributed by atoms with Crippen LogP contribution in [0.3, 0.4) is 0 Å². The van der Waals surface area contributed by atoms with Crippen molar-refractivity contribution in [3.8, 4) is 0 Å². The molecular formula is C19H30N2O. The lowest BCUT2D eigenvalue weighted by Gasteiger charge is -2.29. The van der Waals surface area contributed by atoms with Crippen molar-refractivity contribution >= 4 is 5.91 Å². The second kappa shape index (κ2) is 8.33. The highest BCUT2D eigenvalue weighted by molar-refractivity contribution is 5.77. The van der Waals surface area contributed by atoms with Gasteiger partial charge in [-0.05, 0) is 42.9 Å². The quantitative estimate of drug-likeness (QED) is 0.838. The molecule has 2 unspecified atom stereocenters. The average Bonchev–Trinajstić information content (AvgIpc) is 3.06. The lowest BCUT2D eigenvalue weighted by Crippen LogP contribution is -2.42. The van der Waals surface area contributed by atoms with Crippen molar-refractivity contribution in [2.24, 2.45) is 0 Å². The first-order valence-electron chi connectivity index (χ1n) is 8.74. The zero-order chi connectivity index (χ0) is 15.9. The van der Waals surface area contributed by atoms with Gasteiger partial charge in [0.25, 0.3) is 0 Å². The summed E-state index contributed by atoms with van der Waals surface area (Å²) in [4.78, 5) is 14.8. The molecule has 1 aromatic rings. The van der Waals surface area contributed by atoms with Gasteiger partial charge in [-0.1, -0.05) is 45.0 Å². The molecule has 3 nitrogen and oxygen atoms in total. The number of rotatable bonds is 7. The van der Waals surface area contributed by atoms with E-state index >= 15 is 0 Å². The van der Waals surface area contributed by atoms with E-state index in [4.69, 9.17) is 0 Å². The first-order valence-corrected chi connectivity index (χ1v) is 8.74. The topological polar surface area (TPSA) is 32.3 Å². The van der Waals surface area contributed by atoms with Gasteiger partial charge in [0.15, 0.2) is 0 Å². The van der Waals surface area contributed by atoms with Crippen molar-refractivity contribution < 1.29 is 4.79 Å². The monoisotopic (exact) mass is 302 g/mol. The predicted molar refractivity (Wildman–Crippen MR) is 92.1 cm³/mol. The fourth-order valence-corrected chi connectivity index (χ4v) is 3.24. The number of carbonyl (C=O) groups is 1. The molecule has 22 heavy (non-hydrogen) atoms. The zero-order valence-corrected chi connectivity index (χ0v) is 14.3. The van der Waals surface area contributed by atoms with E-state index in [1.54, 1.807) is 0 Å². The molecule has 0 bridgehead atoms. The van der Waals surface area contributed by atoms with Crippen molar-refractivity contribution in [1.29, 1.82) is 0 Å². The molecule has 0 saturated carbocycles. The molecule has 1 N–H and O–H groups in total. The first-order chi connectivity index (χ1) is 10.7. The molecule has 122 valence electrons. The fraction of sp³-hybridized carbons (Fsp3) is 0.632. The summed E-state index contributed by atoms with van der Waals surface area (Å²) >= 11 is 0. The van der Waals surface area contributed by atoms with Crippen LogP contribution in [-0.4, -0.2) is 36.5 Å². The Hall–Kier alpha value is -1.35. The van der Waals surface area contributed by atoms with Gasteiger partial charge in [-0.2, -0.15) is 0 Å². The van der Waals surface area contributed by atoms with Gasteiger partial charge in [-0.25, -0.2) is 0 Å². The van der Waals surface area contributed by atoms with E-state index in [9.17, 15) is 4.79 Å². The minimum atomic E-state index is 0.284. The molecular weight excluding hydrogens is 272 g/mol. The van der Waals surface area contributed by atoms with Crippen LogP contribution in [0.15, 0.2) is 24.3 Å². The highest BCUT2D eigenvalue weighted by Gasteiger charge is 2.26. The Bertz CT molecular complexity index is 463. The van der Waals surface area contributed by atoms with Crippen LogP contribution in [0, 0.1) is 0 Å². The minimum absolute atomic E-state index is 0.284. The number of amides is 1. The number of nitrogens with zero attached hydrogens (tertiary/aromatic N) is 1.